The molecule has 0 aliphatic carbocycles. The summed E-state index contributed by atoms with van der Waals surface area (Å²) in [5.74, 6) is 1.57. The Balaban J connectivity index is 0.00000256. The topological polar surface area (TPSA) is 57.4 Å². The van der Waals surface area contributed by atoms with E-state index in [0.29, 0.717) is 25.3 Å². The summed E-state index contributed by atoms with van der Waals surface area (Å²) in [5.41, 5.74) is 2.70. The third-order valence-electron chi connectivity index (χ3n) is 5.28. The van der Waals surface area contributed by atoms with Crippen LogP contribution in [0.5, 0.6) is 11.5 Å². The molecule has 8 heteroatoms. The van der Waals surface area contributed by atoms with Gasteiger partial charge in [0.1, 0.15) is 17.2 Å². The fraction of sp³-hybridized carbons (Fsp3) is 0.318. The van der Waals surface area contributed by atoms with Gasteiger partial charge >= 0.3 is 0 Å². The van der Waals surface area contributed by atoms with Crippen molar-refractivity contribution >= 4 is 41.7 Å². The van der Waals surface area contributed by atoms with Crippen LogP contribution in [0.2, 0.25) is 0 Å². The quantitative estimate of drug-likeness (QED) is 0.685. The van der Waals surface area contributed by atoms with Crippen molar-refractivity contribution < 1.29 is 18.8 Å². The molecule has 2 aliphatic heterocycles. The molecule has 1 saturated heterocycles. The maximum Gasteiger partial charge on any atom is 0.294 e. The van der Waals surface area contributed by atoms with E-state index < -0.39 is 0 Å². The van der Waals surface area contributed by atoms with Crippen LogP contribution >= 0.6 is 12.4 Å². The summed E-state index contributed by atoms with van der Waals surface area (Å²) < 4.78 is 12.6. The number of aliphatic imine (C=N–C) groups is 1. The average molecular weight is 430 g/mol. The molecule has 0 N–H and O–H groups in total. The number of methoxy groups -OCH3 is 2. The standard InChI is InChI=1S/C22H25N4O3.ClH/c1-28-19-12-18(13-20(14-19)29-2)24-8-10-25(11-9-24)22(27)21-15-23-16-26(21)17-6-4-3-5-7-17;/h3-7,12-14,16H,8-11,15H2,1-2H3;1H/q+1;. The highest BCUT2D eigenvalue weighted by atomic mass is 35.5. The Hall–Kier alpha value is -3.06. The van der Waals surface area contributed by atoms with Gasteiger partial charge in [-0.05, 0) is 12.1 Å². The number of carbonyl (C=O) groups is 1. The zero-order valence-corrected chi connectivity index (χ0v) is 18.0. The minimum atomic E-state index is 0. The number of para-hydroxylation sites is 1. The first kappa shape index (κ1) is 21.6. The molecule has 2 heterocycles. The van der Waals surface area contributed by atoms with E-state index in [9.17, 15) is 4.79 Å². The number of benzene rings is 2. The summed E-state index contributed by atoms with van der Waals surface area (Å²) >= 11 is 0. The highest BCUT2D eigenvalue weighted by Gasteiger charge is 2.32. The Morgan fingerprint density at radius 3 is 2.20 bits per heavy atom. The van der Waals surface area contributed by atoms with Gasteiger partial charge in [-0.15, -0.1) is 12.4 Å². The Kier molecular flexibility index (Phi) is 6.95. The van der Waals surface area contributed by atoms with Crippen molar-refractivity contribution in [2.75, 3.05) is 51.8 Å². The van der Waals surface area contributed by atoms with E-state index in [2.05, 4.69) is 9.89 Å². The molecule has 1 amide bonds. The number of hydrogen-bond acceptors (Lipinski definition) is 5. The van der Waals surface area contributed by atoms with Gasteiger partial charge in [0.15, 0.2) is 6.54 Å². The van der Waals surface area contributed by atoms with Gasteiger partial charge in [-0.1, -0.05) is 23.2 Å². The predicted octanol–water partition coefficient (Wildman–Crippen LogP) is 2.60. The van der Waals surface area contributed by atoms with Crippen LogP contribution in [0.4, 0.5) is 11.4 Å². The fourth-order valence-electron chi connectivity index (χ4n) is 3.66. The summed E-state index contributed by atoms with van der Waals surface area (Å²) in [6.45, 7) is 3.24. The lowest BCUT2D eigenvalue weighted by molar-refractivity contribution is -0.291. The summed E-state index contributed by atoms with van der Waals surface area (Å²) in [6, 6.07) is 15.7. The van der Waals surface area contributed by atoms with Crippen LogP contribution in [0.3, 0.4) is 0 Å². The fourth-order valence-corrected chi connectivity index (χ4v) is 3.66. The molecule has 1 fully saturated rings. The van der Waals surface area contributed by atoms with Crippen molar-refractivity contribution in [3.63, 3.8) is 0 Å². The zero-order chi connectivity index (χ0) is 20.2. The number of piperazine rings is 1. The molecular formula is C22H26ClN4O3+. The molecule has 2 aromatic carbocycles. The molecule has 2 aromatic rings. The third kappa shape index (κ3) is 4.41. The number of carbonyl (C=O) groups excluding carboxylic acids is 1. The van der Waals surface area contributed by atoms with Gasteiger partial charge in [0.2, 0.25) is 5.71 Å². The lowest BCUT2D eigenvalue weighted by Crippen LogP contribution is -2.51. The first-order valence-electron chi connectivity index (χ1n) is 9.67. The van der Waals surface area contributed by atoms with Crippen LogP contribution in [0.1, 0.15) is 0 Å². The van der Waals surface area contributed by atoms with Gasteiger partial charge < -0.3 is 19.3 Å². The number of halogens is 1. The number of rotatable bonds is 5. The minimum absolute atomic E-state index is 0. The molecule has 0 spiro atoms. The Morgan fingerprint density at radius 2 is 1.60 bits per heavy atom. The van der Waals surface area contributed by atoms with Crippen molar-refractivity contribution in [3.05, 3.63) is 48.5 Å². The van der Waals surface area contributed by atoms with Crippen molar-refractivity contribution in [1.29, 1.82) is 0 Å². The van der Waals surface area contributed by atoms with Gasteiger partial charge in [0, 0.05) is 50.1 Å². The van der Waals surface area contributed by atoms with E-state index in [1.807, 2.05) is 58.0 Å². The van der Waals surface area contributed by atoms with Crippen LogP contribution < -0.4 is 14.4 Å². The smallest absolute Gasteiger partial charge is 0.294 e. The number of anilines is 1. The second kappa shape index (κ2) is 9.63. The SMILES string of the molecule is COc1cc(OC)cc(N2CCN(C(=O)C3=[N+](c4ccccc4)C=NC3)CC2)c1.Cl. The summed E-state index contributed by atoms with van der Waals surface area (Å²) in [4.78, 5) is 21.6. The molecule has 7 nitrogen and oxygen atoms in total. The van der Waals surface area contributed by atoms with E-state index in [-0.39, 0.29) is 18.3 Å². The van der Waals surface area contributed by atoms with Crippen LogP contribution in [-0.2, 0) is 4.79 Å². The second-order valence-corrected chi connectivity index (χ2v) is 6.96. The predicted molar refractivity (Wildman–Crippen MR) is 120 cm³/mol. The van der Waals surface area contributed by atoms with Crippen LogP contribution in [0.25, 0.3) is 0 Å². The lowest BCUT2D eigenvalue weighted by atomic mass is 10.2. The van der Waals surface area contributed by atoms with Crippen LogP contribution in [-0.4, -0.2) is 74.4 Å². The van der Waals surface area contributed by atoms with E-state index >= 15 is 0 Å². The summed E-state index contributed by atoms with van der Waals surface area (Å²) in [7, 11) is 3.29. The van der Waals surface area contributed by atoms with Crippen LogP contribution in [0, 0.1) is 0 Å². The van der Waals surface area contributed by atoms with Gasteiger partial charge in [0.05, 0.1) is 14.2 Å². The molecule has 158 valence electrons. The zero-order valence-electron chi connectivity index (χ0n) is 17.2. The molecule has 0 saturated carbocycles. The molecule has 30 heavy (non-hydrogen) atoms. The van der Waals surface area contributed by atoms with Crippen molar-refractivity contribution in [2.45, 2.75) is 0 Å². The Bertz CT molecular complexity index is 932. The highest BCUT2D eigenvalue weighted by Crippen LogP contribution is 2.29. The van der Waals surface area contributed by atoms with Gasteiger partial charge in [-0.2, -0.15) is 4.58 Å². The molecule has 0 bridgehead atoms. The summed E-state index contributed by atoms with van der Waals surface area (Å²) in [5, 5.41) is 0. The first-order chi connectivity index (χ1) is 14.2. The van der Waals surface area contributed by atoms with Gasteiger partial charge in [0.25, 0.3) is 12.2 Å². The number of ether oxygens (including phenoxy) is 2. The lowest BCUT2D eigenvalue weighted by Gasteiger charge is -2.36. The maximum atomic E-state index is 13.1. The molecule has 2 aliphatic rings. The van der Waals surface area contributed by atoms with Crippen molar-refractivity contribution in [3.8, 4) is 11.5 Å². The number of nitrogens with zero attached hydrogens (tertiary/aromatic N) is 4. The van der Waals surface area contributed by atoms with Gasteiger partial charge in [-0.25, -0.2) is 0 Å². The molecule has 0 atom stereocenters. The largest absolute Gasteiger partial charge is 0.497 e. The molecule has 0 radical (unpaired) electrons. The van der Waals surface area contributed by atoms with E-state index in [4.69, 9.17) is 9.47 Å². The molecule has 0 unspecified atom stereocenters. The molecular weight excluding hydrogens is 404 g/mol. The maximum absolute atomic E-state index is 13.1. The minimum Gasteiger partial charge on any atom is -0.497 e. The van der Waals surface area contributed by atoms with E-state index in [0.717, 1.165) is 36.0 Å². The first-order valence-corrected chi connectivity index (χ1v) is 9.67. The van der Waals surface area contributed by atoms with E-state index in [1.54, 1.807) is 20.6 Å². The number of hydrogen-bond donors (Lipinski definition) is 0. The average Bonchev–Trinajstić information content (AvgIpc) is 3.29. The molecule has 4 rings (SSSR count). The van der Waals surface area contributed by atoms with Gasteiger partial charge in [-0.3, -0.25) is 4.79 Å². The number of amides is 1. The normalized spacial score (nSPS) is 15.8. The Labute approximate surface area is 182 Å². The van der Waals surface area contributed by atoms with E-state index in [1.165, 1.54) is 0 Å². The second-order valence-electron chi connectivity index (χ2n) is 6.96. The van der Waals surface area contributed by atoms with Crippen molar-refractivity contribution in [1.82, 2.24) is 4.90 Å². The summed E-state index contributed by atoms with van der Waals surface area (Å²) in [6.07, 6.45) is 1.74. The highest BCUT2D eigenvalue weighted by molar-refractivity contribution is 6.39. The monoisotopic (exact) mass is 429 g/mol. The Morgan fingerprint density at radius 1 is 0.967 bits per heavy atom. The van der Waals surface area contributed by atoms with Crippen molar-refractivity contribution in [2.24, 2.45) is 4.99 Å². The third-order valence-corrected chi connectivity index (χ3v) is 5.28. The molecule has 0 aromatic heterocycles. The van der Waals surface area contributed by atoms with Crippen LogP contribution in [0.15, 0.2) is 53.5 Å².